The molecule has 17 heavy (non-hydrogen) atoms. The van der Waals surface area contributed by atoms with Crippen LogP contribution in [0.3, 0.4) is 0 Å². The third-order valence-electron chi connectivity index (χ3n) is 3.09. The van der Waals surface area contributed by atoms with Crippen LogP contribution in [0.5, 0.6) is 0 Å². The van der Waals surface area contributed by atoms with Gasteiger partial charge in [-0.25, -0.2) is 0 Å². The van der Waals surface area contributed by atoms with Crippen LogP contribution < -0.4 is 5.32 Å². The van der Waals surface area contributed by atoms with Crippen LogP contribution in [0.15, 0.2) is 30.5 Å². The van der Waals surface area contributed by atoms with E-state index in [0.717, 1.165) is 24.6 Å². The predicted octanol–water partition coefficient (Wildman–Crippen LogP) is 2.61. The third kappa shape index (κ3) is 2.03. The molecule has 0 bridgehead atoms. The van der Waals surface area contributed by atoms with E-state index in [9.17, 15) is 0 Å². The molecule has 0 amide bonds. The Kier molecular flexibility index (Phi) is 2.57. The van der Waals surface area contributed by atoms with Gasteiger partial charge in [-0.1, -0.05) is 6.07 Å². The molecule has 3 rings (SSSR count). The molecule has 1 unspecified atom stereocenters. The van der Waals surface area contributed by atoms with Crippen LogP contribution in [-0.4, -0.2) is 10.2 Å². The van der Waals surface area contributed by atoms with Crippen molar-refractivity contribution in [1.29, 1.82) is 0 Å². The van der Waals surface area contributed by atoms with E-state index >= 15 is 0 Å². The SMILES string of the molecule is CC(Nc1ccc2c(c1)COC2)c1ccn[nH]1. The molecule has 1 atom stereocenters. The van der Waals surface area contributed by atoms with Gasteiger partial charge in [0.25, 0.3) is 0 Å². The Balaban J connectivity index is 1.77. The first kappa shape index (κ1) is 10.4. The number of aromatic nitrogens is 2. The molecule has 4 nitrogen and oxygen atoms in total. The first-order valence-corrected chi connectivity index (χ1v) is 5.78. The fraction of sp³-hybridized carbons (Fsp3) is 0.308. The van der Waals surface area contributed by atoms with Gasteiger partial charge in [0.1, 0.15) is 0 Å². The summed E-state index contributed by atoms with van der Waals surface area (Å²) in [6, 6.07) is 8.59. The summed E-state index contributed by atoms with van der Waals surface area (Å²) in [6.07, 6.45) is 1.77. The second-order valence-corrected chi connectivity index (χ2v) is 4.35. The molecule has 4 heteroatoms. The molecular formula is C13H15N3O. The average molecular weight is 229 g/mol. The van der Waals surface area contributed by atoms with Crippen molar-refractivity contribution in [2.75, 3.05) is 5.32 Å². The van der Waals surface area contributed by atoms with Crippen molar-refractivity contribution in [2.45, 2.75) is 26.2 Å². The molecule has 1 aliphatic heterocycles. The molecule has 0 aliphatic carbocycles. The maximum absolute atomic E-state index is 5.40. The van der Waals surface area contributed by atoms with E-state index < -0.39 is 0 Å². The minimum atomic E-state index is 0.220. The summed E-state index contributed by atoms with van der Waals surface area (Å²) in [5, 5.41) is 10.4. The molecule has 0 radical (unpaired) electrons. The lowest BCUT2D eigenvalue weighted by Crippen LogP contribution is -2.07. The van der Waals surface area contributed by atoms with Gasteiger partial charge in [0, 0.05) is 11.9 Å². The van der Waals surface area contributed by atoms with E-state index in [1.165, 1.54) is 11.1 Å². The van der Waals surface area contributed by atoms with Gasteiger partial charge in [0.05, 0.1) is 24.9 Å². The van der Waals surface area contributed by atoms with Gasteiger partial charge in [-0.3, -0.25) is 5.10 Å². The lowest BCUT2D eigenvalue weighted by Gasteiger charge is -2.14. The highest BCUT2D eigenvalue weighted by Gasteiger charge is 2.12. The van der Waals surface area contributed by atoms with Crippen LogP contribution in [0.25, 0.3) is 0 Å². The number of nitrogens with one attached hydrogen (secondary N) is 2. The number of fused-ring (bicyclic) bond motifs is 1. The topological polar surface area (TPSA) is 49.9 Å². The second kappa shape index (κ2) is 4.22. The number of benzene rings is 1. The van der Waals surface area contributed by atoms with Gasteiger partial charge in [-0.15, -0.1) is 0 Å². The predicted molar refractivity (Wildman–Crippen MR) is 65.6 cm³/mol. The maximum Gasteiger partial charge on any atom is 0.0725 e. The molecule has 0 spiro atoms. The van der Waals surface area contributed by atoms with Gasteiger partial charge < -0.3 is 10.1 Å². The van der Waals surface area contributed by atoms with Gasteiger partial charge >= 0.3 is 0 Å². The molecule has 1 aromatic heterocycles. The van der Waals surface area contributed by atoms with E-state index in [-0.39, 0.29) is 6.04 Å². The number of hydrogen-bond donors (Lipinski definition) is 2. The lowest BCUT2D eigenvalue weighted by molar-refractivity contribution is 0.134. The number of rotatable bonds is 3. The molecule has 2 heterocycles. The largest absolute Gasteiger partial charge is 0.377 e. The van der Waals surface area contributed by atoms with Crippen molar-refractivity contribution in [2.24, 2.45) is 0 Å². The molecule has 2 N–H and O–H groups in total. The number of H-pyrrole nitrogens is 1. The number of ether oxygens (including phenoxy) is 1. The Morgan fingerprint density at radius 3 is 3.00 bits per heavy atom. The summed E-state index contributed by atoms with van der Waals surface area (Å²) < 4.78 is 5.40. The first-order valence-electron chi connectivity index (χ1n) is 5.78. The molecule has 0 saturated heterocycles. The van der Waals surface area contributed by atoms with Crippen LogP contribution in [0.1, 0.15) is 29.8 Å². The average Bonchev–Trinajstić information content (AvgIpc) is 2.99. The molecule has 1 aromatic carbocycles. The summed E-state index contributed by atoms with van der Waals surface area (Å²) in [4.78, 5) is 0. The van der Waals surface area contributed by atoms with Crippen molar-refractivity contribution in [3.05, 3.63) is 47.3 Å². The quantitative estimate of drug-likeness (QED) is 0.850. The van der Waals surface area contributed by atoms with Gasteiger partial charge in [0.2, 0.25) is 0 Å². The smallest absolute Gasteiger partial charge is 0.0725 e. The number of hydrogen-bond acceptors (Lipinski definition) is 3. The van der Waals surface area contributed by atoms with E-state index in [2.05, 4.69) is 40.6 Å². The van der Waals surface area contributed by atoms with Gasteiger partial charge in [-0.05, 0) is 36.2 Å². The zero-order valence-electron chi connectivity index (χ0n) is 9.73. The molecule has 0 fully saturated rings. The standard InChI is InChI=1S/C13H15N3O/c1-9(13-4-5-14-16-13)15-12-3-2-10-7-17-8-11(10)6-12/h2-6,9,15H,7-8H2,1H3,(H,14,16). The van der Waals surface area contributed by atoms with Crippen molar-refractivity contribution < 1.29 is 4.74 Å². The number of anilines is 1. The minimum Gasteiger partial charge on any atom is -0.377 e. The number of nitrogens with zero attached hydrogens (tertiary/aromatic N) is 1. The maximum atomic E-state index is 5.40. The zero-order chi connectivity index (χ0) is 11.7. The number of aromatic amines is 1. The Labute approximate surface area is 100 Å². The Morgan fingerprint density at radius 2 is 2.18 bits per heavy atom. The van der Waals surface area contributed by atoms with Crippen molar-refractivity contribution in [3.8, 4) is 0 Å². The van der Waals surface area contributed by atoms with Crippen molar-refractivity contribution in [3.63, 3.8) is 0 Å². The normalized spacial score (nSPS) is 15.6. The second-order valence-electron chi connectivity index (χ2n) is 4.35. The monoisotopic (exact) mass is 229 g/mol. The van der Waals surface area contributed by atoms with E-state index in [0.29, 0.717) is 0 Å². The molecular weight excluding hydrogens is 214 g/mol. The fourth-order valence-corrected chi connectivity index (χ4v) is 2.10. The van der Waals surface area contributed by atoms with Crippen LogP contribution in [0.4, 0.5) is 5.69 Å². The summed E-state index contributed by atoms with van der Waals surface area (Å²) >= 11 is 0. The van der Waals surface area contributed by atoms with Crippen LogP contribution in [0, 0.1) is 0 Å². The van der Waals surface area contributed by atoms with Gasteiger partial charge in [-0.2, -0.15) is 5.10 Å². The Morgan fingerprint density at radius 1 is 1.29 bits per heavy atom. The highest BCUT2D eigenvalue weighted by Crippen LogP contribution is 2.25. The molecule has 88 valence electrons. The van der Waals surface area contributed by atoms with E-state index in [1.807, 2.05) is 6.07 Å². The summed E-state index contributed by atoms with van der Waals surface area (Å²) in [5.41, 5.74) is 4.79. The highest BCUT2D eigenvalue weighted by molar-refractivity contribution is 5.50. The third-order valence-corrected chi connectivity index (χ3v) is 3.09. The first-order chi connectivity index (χ1) is 8.33. The van der Waals surface area contributed by atoms with Crippen molar-refractivity contribution >= 4 is 5.69 Å². The lowest BCUT2D eigenvalue weighted by atomic mass is 10.1. The van der Waals surface area contributed by atoms with E-state index in [4.69, 9.17) is 4.74 Å². The van der Waals surface area contributed by atoms with Crippen molar-refractivity contribution in [1.82, 2.24) is 10.2 Å². The molecule has 1 aliphatic rings. The van der Waals surface area contributed by atoms with Crippen LogP contribution >= 0.6 is 0 Å². The summed E-state index contributed by atoms with van der Waals surface area (Å²) in [7, 11) is 0. The molecule has 2 aromatic rings. The summed E-state index contributed by atoms with van der Waals surface area (Å²) in [5.74, 6) is 0. The van der Waals surface area contributed by atoms with Crippen LogP contribution in [0.2, 0.25) is 0 Å². The minimum absolute atomic E-state index is 0.220. The summed E-state index contributed by atoms with van der Waals surface area (Å²) in [6.45, 7) is 3.58. The molecule has 0 saturated carbocycles. The Bertz CT molecular complexity index is 507. The van der Waals surface area contributed by atoms with Gasteiger partial charge in [0.15, 0.2) is 0 Å². The Hall–Kier alpha value is -1.81. The van der Waals surface area contributed by atoms with E-state index in [1.54, 1.807) is 6.20 Å². The highest BCUT2D eigenvalue weighted by atomic mass is 16.5. The fourth-order valence-electron chi connectivity index (χ4n) is 2.10. The van der Waals surface area contributed by atoms with Crippen LogP contribution in [-0.2, 0) is 18.0 Å². The zero-order valence-corrected chi connectivity index (χ0v) is 9.73.